The molecule has 1 heteroatoms. The Kier molecular flexibility index (Phi) is 3.63. The number of rotatable bonds is 3. The fraction of sp³-hybridized carbons (Fsp3) is 0.412. The Bertz CT molecular complexity index is 493. The van der Waals surface area contributed by atoms with E-state index in [9.17, 15) is 0 Å². The second kappa shape index (κ2) is 4.89. The van der Waals surface area contributed by atoms with Crippen LogP contribution in [0.15, 0.2) is 41.1 Å². The second-order valence-electron chi connectivity index (χ2n) is 6.51. The summed E-state index contributed by atoms with van der Waals surface area (Å²) in [6.07, 6.45) is 7.12. The number of allylic oxidation sites excluding steroid dienone is 4. The number of aryl methyl sites for hydroxylation is 2. The highest BCUT2D eigenvalue weighted by atomic mass is 28.3. The Hall–Kier alpha value is -1.08. The molecule has 1 aliphatic carbocycles. The van der Waals surface area contributed by atoms with Gasteiger partial charge in [0.2, 0.25) is 0 Å². The molecule has 0 aliphatic heterocycles. The minimum Gasteiger partial charge on any atom is -0.0812 e. The van der Waals surface area contributed by atoms with Crippen molar-refractivity contribution in [2.45, 2.75) is 46.3 Å². The van der Waals surface area contributed by atoms with Crippen molar-refractivity contribution >= 4 is 8.07 Å². The van der Waals surface area contributed by atoms with Crippen molar-refractivity contribution in [3.63, 3.8) is 0 Å². The Morgan fingerprint density at radius 1 is 0.944 bits per heavy atom. The molecular formula is C17H24Si. The van der Waals surface area contributed by atoms with Gasteiger partial charge in [0, 0.05) is 0 Å². The predicted octanol–water partition coefficient (Wildman–Crippen LogP) is 4.98. The lowest BCUT2D eigenvalue weighted by molar-refractivity contribution is 1.16. The van der Waals surface area contributed by atoms with Gasteiger partial charge in [-0.1, -0.05) is 66.3 Å². The van der Waals surface area contributed by atoms with Crippen LogP contribution >= 0.6 is 0 Å². The Morgan fingerprint density at radius 2 is 1.56 bits per heavy atom. The molecule has 0 N–H and O–H groups in total. The topological polar surface area (TPSA) is 0 Å². The average Bonchev–Trinajstić information content (AvgIpc) is 2.63. The predicted molar refractivity (Wildman–Crippen MR) is 83.7 cm³/mol. The van der Waals surface area contributed by atoms with Gasteiger partial charge >= 0.3 is 0 Å². The van der Waals surface area contributed by atoms with Gasteiger partial charge in [0.05, 0.1) is 8.07 Å². The van der Waals surface area contributed by atoms with Crippen molar-refractivity contribution in [3.8, 4) is 0 Å². The molecule has 0 bridgehead atoms. The van der Waals surface area contributed by atoms with Crippen LogP contribution in [-0.4, -0.2) is 8.07 Å². The van der Waals surface area contributed by atoms with Crippen molar-refractivity contribution in [3.05, 3.63) is 57.8 Å². The molecule has 1 aromatic rings. The molecule has 1 aliphatic rings. The van der Waals surface area contributed by atoms with Crippen molar-refractivity contribution in [1.29, 1.82) is 0 Å². The summed E-state index contributed by atoms with van der Waals surface area (Å²) >= 11 is 0. The third-order valence-electron chi connectivity index (χ3n) is 3.52. The van der Waals surface area contributed by atoms with Gasteiger partial charge in [0.15, 0.2) is 0 Å². The van der Waals surface area contributed by atoms with E-state index in [1.165, 1.54) is 16.7 Å². The number of hydrogen-bond acceptors (Lipinski definition) is 0. The van der Waals surface area contributed by atoms with Crippen LogP contribution in [-0.2, 0) is 6.42 Å². The zero-order valence-corrected chi connectivity index (χ0v) is 13.3. The van der Waals surface area contributed by atoms with Crippen LogP contribution in [0.1, 0.15) is 23.1 Å². The Balaban J connectivity index is 2.22. The van der Waals surface area contributed by atoms with Crippen LogP contribution in [0, 0.1) is 13.8 Å². The van der Waals surface area contributed by atoms with Crippen molar-refractivity contribution < 1.29 is 0 Å². The van der Waals surface area contributed by atoms with Gasteiger partial charge in [-0.3, -0.25) is 0 Å². The average molecular weight is 256 g/mol. The fourth-order valence-corrected chi connectivity index (χ4v) is 4.79. The SMILES string of the molecule is Cc1cc(C)cc(CC2=CCC=C2[Si](C)(C)C)c1. The highest BCUT2D eigenvalue weighted by Crippen LogP contribution is 2.31. The third kappa shape index (κ3) is 3.02. The summed E-state index contributed by atoms with van der Waals surface area (Å²) < 4.78 is 0. The lowest BCUT2D eigenvalue weighted by atomic mass is 10.0. The van der Waals surface area contributed by atoms with E-state index in [0.717, 1.165) is 12.8 Å². The summed E-state index contributed by atoms with van der Waals surface area (Å²) in [5.41, 5.74) is 5.80. The lowest BCUT2D eigenvalue weighted by Gasteiger charge is -2.21. The molecule has 0 saturated carbocycles. The van der Waals surface area contributed by atoms with E-state index in [4.69, 9.17) is 0 Å². The molecule has 1 aromatic carbocycles. The fourth-order valence-electron chi connectivity index (χ4n) is 2.91. The third-order valence-corrected chi connectivity index (χ3v) is 5.66. The molecule has 0 saturated heterocycles. The van der Waals surface area contributed by atoms with Crippen LogP contribution in [0.25, 0.3) is 0 Å². The van der Waals surface area contributed by atoms with Crippen LogP contribution in [0.3, 0.4) is 0 Å². The van der Waals surface area contributed by atoms with Crippen LogP contribution < -0.4 is 0 Å². The standard InChI is InChI=1S/C17H24Si/c1-13-9-14(2)11-15(10-13)12-16-7-6-8-17(16)18(3,4)5/h7-11H,6,12H2,1-5H3. The first-order valence-electron chi connectivity index (χ1n) is 6.83. The minimum atomic E-state index is -1.18. The highest BCUT2D eigenvalue weighted by molar-refractivity contribution is 6.84. The molecule has 0 nitrogen and oxygen atoms in total. The summed E-state index contributed by atoms with van der Waals surface area (Å²) in [6.45, 7) is 11.7. The summed E-state index contributed by atoms with van der Waals surface area (Å²) in [5.74, 6) is 0. The normalized spacial score (nSPS) is 15.6. The van der Waals surface area contributed by atoms with E-state index in [2.05, 4.69) is 63.8 Å². The van der Waals surface area contributed by atoms with E-state index in [1.807, 2.05) is 0 Å². The molecule has 0 spiro atoms. The second-order valence-corrected chi connectivity index (χ2v) is 11.5. The summed E-state index contributed by atoms with van der Waals surface area (Å²) in [7, 11) is -1.18. The van der Waals surface area contributed by atoms with Gasteiger partial charge in [0.25, 0.3) is 0 Å². The summed E-state index contributed by atoms with van der Waals surface area (Å²) in [4.78, 5) is 0. The first kappa shape index (κ1) is 13.4. The van der Waals surface area contributed by atoms with Crippen molar-refractivity contribution in [1.82, 2.24) is 0 Å². The molecule has 0 unspecified atom stereocenters. The maximum Gasteiger partial charge on any atom is 0.0775 e. The maximum atomic E-state index is 2.45. The van der Waals surface area contributed by atoms with Gasteiger partial charge in [-0.05, 0) is 37.8 Å². The van der Waals surface area contributed by atoms with Gasteiger partial charge < -0.3 is 0 Å². The Morgan fingerprint density at radius 3 is 2.11 bits per heavy atom. The van der Waals surface area contributed by atoms with Crippen molar-refractivity contribution in [2.24, 2.45) is 0 Å². The van der Waals surface area contributed by atoms with E-state index in [-0.39, 0.29) is 0 Å². The summed E-state index contributed by atoms with van der Waals surface area (Å²) in [6, 6.07) is 6.91. The van der Waals surface area contributed by atoms with Crippen LogP contribution in [0.5, 0.6) is 0 Å². The largest absolute Gasteiger partial charge is 0.0812 e. The van der Waals surface area contributed by atoms with E-state index in [0.29, 0.717) is 0 Å². The highest BCUT2D eigenvalue weighted by Gasteiger charge is 2.24. The number of hydrogen-bond donors (Lipinski definition) is 0. The van der Waals surface area contributed by atoms with E-state index in [1.54, 1.807) is 10.8 Å². The smallest absolute Gasteiger partial charge is 0.0775 e. The van der Waals surface area contributed by atoms with Gasteiger partial charge in [-0.15, -0.1) is 0 Å². The molecular weight excluding hydrogens is 232 g/mol. The molecule has 0 radical (unpaired) electrons. The van der Waals surface area contributed by atoms with Crippen molar-refractivity contribution in [2.75, 3.05) is 0 Å². The zero-order valence-electron chi connectivity index (χ0n) is 12.3. The monoisotopic (exact) mass is 256 g/mol. The van der Waals surface area contributed by atoms with Gasteiger partial charge in [-0.2, -0.15) is 0 Å². The zero-order chi connectivity index (χ0) is 13.3. The van der Waals surface area contributed by atoms with E-state index < -0.39 is 8.07 Å². The van der Waals surface area contributed by atoms with Crippen LogP contribution in [0.4, 0.5) is 0 Å². The van der Waals surface area contributed by atoms with Gasteiger partial charge in [0.1, 0.15) is 0 Å². The molecule has 0 fully saturated rings. The van der Waals surface area contributed by atoms with Crippen LogP contribution in [0.2, 0.25) is 19.6 Å². The lowest BCUT2D eigenvalue weighted by Crippen LogP contribution is -2.24. The molecule has 0 aromatic heterocycles. The minimum absolute atomic E-state index is 1.11. The molecule has 96 valence electrons. The summed E-state index contributed by atoms with van der Waals surface area (Å²) in [5, 5.41) is 1.67. The molecule has 18 heavy (non-hydrogen) atoms. The first-order valence-corrected chi connectivity index (χ1v) is 10.3. The molecule has 0 amide bonds. The molecule has 0 heterocycles. The number of benzene rings is 1. The molecule has 2 rings (SSSR count). The first-order chi connectivity index (χ1) is 8.36. The molecule has 0 atom stereocenters. The van der Waals surface area contributed by atoms with Gasteiger partial charge in [-0.25, -0.2) is 0 Å². The Labute approximate surface area is 112 Å². The maximum absolute atomic E-state index is 2.45. The van der Waals surface area contributed by atoms with E-state index >= 15 is 0 Å². The quantitative estimate of drug-likeness (QED) is 0.669.